The molecule has 0 atom stereocenters. The van der Waals surface area contributed by atoms with Crippen LogP contribution in [-0.2, 0) is 11.3 Å². The molecule has 1 aromatic heterocycles. The van der Waals surface area contributed by atoms with Gasteiger partial charge in [0.05, 0.1) is 19.8 Å². The van der Waals surface area contributed by atoms with E-state index in [-0.39, 0.29) is 12.5 Å². The molecule has 3 rings (SSSR count). The molecule has 0 bridgehead atoms. The quantitative estimate of drug-likeness (QED) is 0.560. The summed E-state index contributed by atoms with van der Waals surface area (Å²) in [6.45, 7) is 8.28. The van der Waals surface area contributed by atoms with E-state index in [1.807, 2.05) is 19.1 Å². The van der Waals surface area contributed by atoms with Gasteiger partial charge in [-0.05, 0) is 49.8 Å². The Labute approximate surface area is 198 Å². The van der Waals surface area contributed by atoms with E-state index in [0.717, 1.165) is 17.0 Å². The third-order valence-electron chi connectivity index (χ3n) is 5.46. The molecule has 2 heterocycles. The van der Waals surface area contributed by atoms with Crippen LogP contribution in [0.25, 0.3) is 0 Å². The fourth-order valence-corrected chi connectivity index (χ4v) is 3.78. The first kappa shape index (κ1) is 24.7. The van der Waals surface area contributed by atoms with Crippen molar-refractivity contribution >= 4 is 29.6 Å². The number of halogens is 1. The van der Waals surface area contributed by atoms with E-state index in [9.17, 15) is 9.59 Å². The minimum Gasteiger partial charge on any atom is -0.493 e. The SMILES string of the molecule is Cc1cc(NC(=O)OCC2CCN(C(=O)O)CC2)nn1Cc1cc(Cl)ccc1OCC(C)C. The number of aryl methyl sites for hydroxylation is 1. The van der Waals surface area contributed by atoms with E-state index >= 15 is 0 Å². The zero-order valence-corrected chi connectivity index (χ0v) is 20.0. The van der Waals surface area contributed by atoms with Gasteiger partial charge in [0.15, 0.2) is 5.82 Å². The molecule has 1 aliphatic rings. The molecule has 2 N–H and O–H groups in total. The van der Waals surface area contributed by atoms with Crippen LogP contribution in [0.15, 0.2) is 24.3 Å². The maximum Gasteiger partial charge on any atom is 0.412 e. The lowest BCUT2D eigenvalue weighted by molar-refractivity contribution is 0.0947. The fraction of sp³-hybridized carbons (Fsp3) is 0.522. The molecule has 2 aromatic rings. The van der Waals surface area contributed by atoms with Crippen LogP contribution in [-0.4, -0.2) is 58.3 Å². The summed E-state index contributed by atoms with van der Waals surface area (Å²) >= 11 is 6.19. The Morgan fingerprint density at radius 2 is 2.00 bits per heavy atom. The molecule has 1 fully saturated rings. The number of amides is 2. The van der Waals surface area contributed by atoms with Crippen molar-refractivity contribution in [1.29, 1.82) is 0 Å². The summed E-state index contributed by atoms with van der Waals surface area (Å²) in [5.41, 5.74) is 1.76. The molecule has 1 saturated heterocycles. The van der Waals surface area contributed by atoms with Gasteiger partial charge in [-0.3, -0.25) is 10.00 Å². The summed E-state index contributed by atoms with van der Waals surface area (Å²) in [5.74, 6) is 1.69. The van der Waals surface area contributed by atoms with Gasteiger partial charge in [0.2, 0.25) is 0 Å². The number of piperidine rings is 1. The van der Waals surface area contributed by atoms with Crippen LogP contribution in [0.1, 0.15) is 37.9 Å². The minimum atomic E-state index is -0.908. The molecule has 1 aliphatic heterocycles. The van der Waals surface area contributed by atoms with Gasteiger partial charge in [-0.15, -0.1) is 0 Å². The van der Waals surface area contributed by atoms with Crippen LogP contribution >= 0.6 is 11.6 Å². The normalized spacial score (nSPS) is 14.4. The standard InChI is InChI=1S/C23H31ClN4O5/c1-15(2)13-32-20-5-4-19(24)11-18(20)12-28-16(3)10-21(26-28)25-22(29)33-14-17-6-8-27(9-7-17)23(30)31/h4-5,10-11,15,17H,6-9,12-14H2,1-3H3,(H,30,31)(H,25,26,29). The van der Waals surface area contributed by atoms with Gasteiger partial charge in [-0.25, -0.2) is 9.59 Å². The Hall–Kier alpha value is -2.94. The molecule has 2 amide bonds. The van der Waals surface area contributed by atoms with E-state index in [1.165, 1.54) is 4.90 Å². The second-order valence-corrected chi connectivity index (χ2v) is 9.16. The van der Waals surface area contributed by atoms with Crippen molar-refractivity contribution in [2.75, 3.05) is 31.6 Å². The summed E-state index contributed by atoms with van der Waals surface area (Å²) < 4.78 is 13.0. The van der Waals surface area contributed by atoms with Crippen LogP contribution in [0.5, 0.6) is 5.75 Å². The number of carbonyl (C=O) groups is 2. The fourth-order valence-electron chi connectivity index (χ4n) is 3.59. The summed E-state index contributed by atoms with van der Waals surface area (Å²) in [6, 6.07) is 7.28. The van der Waals surface area contributed by atoms with Crippen LogP contribution in [0, 0.1) is 18.8 Å². The second-order valence-electron chi connectivity index (χ2n) is 8.72. The average molecular weight is 479 g/mol. The predicted octanol–water partition coefficient (Wildman–Crippen LogP) is 4.87. The lowest BCUT2D eigenvalue weighted by Gasteiger charge is -2.29. The zero-order chi connectivity index (χ0) is 24.0. The third kappa shape index (κ3) is 7.28. The minimum absolute atomic E-state index is 0.151. The van der Waals surface area contributed by atoms with Crippen molar-refractivity contribution in [3.63, 3.8) is 0 Å². The first-order chi connectivity index (χ1) is 15.7. The second kappa shape index (κ2) is 11.3. The van der Waals surface area contributed by atoms with Gasteiger partial charge < -0.3 is 19.5 Å². The Morgan fingerprint density at radius 3 is 2.67 bits per heavy atom. The van der Waals surface area contributed by atoms with Crippen molar-refractivity contribution < 1.29 is 24.2 Å². The van der Waals surface area contributed by atoms with Gasteiger partial charge in [0.25, 0.3) is 0 Å². The first-order valence-electron chi connectivity index (χ1n) is 11.1. The van der Waals surface area contributed by atoms with E-state index < -0.39 is 12.2 Å². The summed E-state index contributed by atoms with van der Waals surface area (Å²) in [5, 5.41) is 16.8. The number of rotatable bonds is 8. The van der Waals surface area contributed by atoms with Gasteiger partial charge >= 0.3 is 12.2 Å². The topological polar surface area (TPSA) is 106 Å². The molecule has 33 heavy (non-hydrogen) atoms. The Balaban J connectivity index is 1.55. The van der Waals surface area contributed by atoms with Crippen LogP contribution in [0.3, 0.4) is 0 Å². The van der Waals surface area contributed by atoms with Crippen molar-refractivity contribution in [1.82, 2.24) is 14.7 Å². The number of ether oxygens (including phenoxy) is 2. The molecule has 10 heteroatoms. The maximum absolute atomic E-state index is 12.2. The first-order valence-corrected chi connectivity index (χ1v) is 11.5. The number of hydrogen-bond donors (Lipinski definition) is 2. The summed E-state index contributed by atoms with van der Waals surface area (Å²) in [4.78, 5) is 24.6. The highest BCUT2D eigenvalue weighted by Gasteiger charge is 2.23. The Morgan fingerprint density at radius 1 is 1.27 bits per heavy atom. The van der Waals surface area contributed by atoms with Gasteiger partial charge in [-0.2, -0.15) is 5.10 Å². The number of aromatic nitrogens is 2. The highest BCUT2D eigenvalue weighted by Crippen LogP contribution is 2.25. The van der Waals surface area contributed by atoms with Crippen LogP contribution in [0.4, 0.5) is 15.4 Å². The van der Waals surface area contributed by atoms with E-state index in [4.69, 9.17) is 26.2 Å². The van der Waals surface area contributed by atoms with E-state index in [2.05, 4.69) is 24.3 Å². The predicted molar refractivity (Wildman–Crippen MR) is 125 cm³/mol. The number of likely N-dealkylation sites (tertiary alicyclic amines) is 1. The van der Waals surface area contributed by atoms with Crippen LogP contribution in [0.2, 0.25) is 5.02 Å². The highest BCUT2D eigenvalue weighted by atomic mass is 35.5. The van der Waals surface area contributed by atoms with Gasteiger partial charge in [-0.1, -0.05) is 25.4 Å². The lowest BCUT2D eigenvalue weighted by Crippen LogP contribution is -2.38. The van der Waals surface area contributed by atoms with Crippen LogP contribution < -0.4 is 10.1 Å². The average Bonchev–Trinajstić information content (AvgIpc) is 3.10. The number of carboxylic acid groups (broad SMARTS) is 1. The van der Waals surface area contributed by atoms with Crippen molar-refractivity contribution in [2.24, 2.45) is 11.8 Å². The Kier molecular flexibility index (Phi) is 8.43. The van der Waals surface area contributed by atoms with Crippen molar-refractivity contribution in [3.05, 3.63) is 40.5 Å². The largest absolute Gasteiger partial charge is 0.493 e. The molecule has 180 valence electrons. The molecular formula is C23H31ClN4O5. The third-order valence-corrected chi connectivity index (χ3v) is 5.70. The van der Waals surface area contributed by atoms with Gasteiger partial charge in [0, 0.05) is 35.4 Å². The number of nitrogens with one attached hydrogen (secondary N) is 1. The maximum atomic E-state index is 12.2. The smallest absolute Gasteiger partial charge is 0.412 e. The zero-order valence-electron chi connectivity index (χ0n) is 19.2. The highest BCUT2D eigenvalue weighted by molar-refractivity contribution is 6.30. The molecule has 0 radical (unpaired) electrons. The summed E-state index contributed by atoms with van der Waals surface area (Å²) in [7, 11) is 0. The number of anilines is 1. The molecule has 0 aliphatic carbocycles. The van der Waals surface area contributed by atoms with Crippen molar-refractivity contribution in [3.8, 4) is 5.75 Å². The molecule has 0 spiro atoms. The van der Waals surface area contributed by atoms with Gasteiger partial charge in [0.1, 0.15) is 5.75 Å². The Bertz CT molecular complexity index is 970. The number of hydrogen-bond acceptors (Lipinski definition) is 5. The number of nitrogens with zero attached hydrogens (tertiary/aromatic N) is 3. The van der Waals surface area contributed by atoms with Crippen molar-refractivity contribution in [2.45, 2.75) is 40.2 Å². The number of benzene rings is 1. The molecule has 0 saturated carbocycles. The number of carbonyl (C=O) groups excluding carboxylic acids is 1. The monoisotopic (exact) mass is 478 g/mol. The van der Waals surface area contributed by atoms with E-state index in [0.29, 0.717) is 55.8 Å². The molecule has 9 nitrogen and oxygen atoms in total. The van der Waals surface area contributed by atoms with E-state index in [1.54, 1.807) is 16.8 Å². The molecule has 0 unspecified atom stereocenters. The summed E-state index contributed by atoms with van der Waals surface area (Å²) in [6.07, 6.45) is -0.138. The molecule has 1 aromatic carbocycles. The molecular weight excluding hydrogens is 448 g/mol. The lowest BCUT2D eigenvalue weighted by atomic mass is 9.98.